The largest absolute Gasteiger partial charge is 0.444 e. The number of piperidine rings is 1. The maximum Gasteiger partial charge on any atom is 0.408 e. The van der Waals surface area contributed by atoms with Crippen LogP contribution in [0.4, 0.5) is 4.79 Å². The van der Waals surface area contributed by atoms with Gasteiger partial charge in [-0.05, 0) is 64.7 Å². The van der Waals surface area contributed by atoms with Gasteiger partial charge in [-0.2, -0.15) is 0 Å². The molecule has 3 fully saturated rings. The fraction of sp³-hybridized carbons (Fsp3) is 0.857. The van der Waals surface area contributed by atoms with Gasteiger partial charge in [0, 0.05) is 6.04 Å². The molecule has 0 aromatic rings. The molecule has 8 heteroatoms. The number of primary amides is 1. The van der Waals surface area contributed by atoms with Gasteiger partial charge in [0.05, 0.1) is 6.10 Å². The van der Waals surface area contributed by atoms with Gasteiger partial charge in [-0.1, -0.05) is 19.3 Å². The molecule has 3 rings (SSSR count). The molecule has 4 N–H and O–H groups in total. The van der Waals surface area contributed by atoms with E-state index in [0.29, 0.717) is 25.2 Å². The molecule has 2 unspecified atom stereocenters. The molecule has 164 valence electrons. The van der Waals surface area contributed by atoms with Gasteiger partial charge in [-0.25, -0.2) is 4.79 Å². The summed E-state index contributed by atoms with van der Waals surface area (Å²) in [5, 5.41) is 13.1. The average molecular weight is 410 g/mol. The number of carbonyl (C=O) groups is 3. The first kappa shape index (κ1) is 21.9. The molecule has 29 heavy (non-hydrogen) atoms. The smallest absolute Gasteiger partial charge is 0.408 e. The van der Waals surface area contributed by atoms with Crippen molar-refractivity contribution in [3.63, 3.8) is 0 Å². The molecule has 0 aromatic heterocycles. The van der Waals surface area contributed by atoms with Crippen LogP contribution in [0.3, 0.4) is 0 Å². The number of amides is 3. The van der Waals surface area contributed by atoms with Gasteiger partial charge in [-0.3, -0.25) is 9.59 Å². The van der Waals surface area contributed by atoms with Gasteiger partial charge in [0.1, 0.15) is 17.7 Å². The first-order valence-electron chi connectivity index (χ1n) is 10.9. The van der Waals surface area contributed by atoms with E-state index in [1.165, 1.54) is 0 Å². The molecule has 2 aliphatic carbocycles. The van der Waals surface area contributed by atoms with Crippen LogP contribution in [0.25, 0.3) is 0 Å². The minimum absolute atomic E-state index is 0.0291. The van der Waals surface area contributed by atoms with Crippen molar-refractivity contribution in [2.75, 3.05) is 0 Å². The van der Waals surface area contributed by atoms with Crippen LogP contribution in [0, 0.1) is 11.8 Å². The van der Waals surface area contributed by atoms with Crippen molar-refractivity contribution in [3.8, 4) is 0 Å². The Morgan fingerprint density at radius 3 is 2.45 bits per heavy atom. The zero-order valence-corrected chi connectivity index (χ0v) is 17.7. The molecule has 3 aliphatic rings. The Balaban J connectivity index is 1.82. The Labute approximate surface area is 172 Å². The van der Waals surface area contributed by atoms with Gasteiger partial charge in [-0.15, -0.1) is 0 Å². The standard InChI is InChI=1S/C21H35N3O5/c1-21(2,3)29-20(28)23-17(12-7-5-4-6-8-14(25)9-12)19(27)24-15-10-13(15)11-16(24)18(22)26/h12-17,25H,4-11H2,1-3H3,(H2,22,26)(H,23,28)/t12?,13-,14?,15-,16-,17-/m0/s1. The normalized spacial score (nSPS) is 33.1. The Hall–Kier alpha value is -1.83. The minimum Gasteiger partial charge on any atom is -0.444 e. The maximum absolute atomic E-state index is 13.6. The van der Waals surface area contributed by atoms with E-state index in [0.717, 1.165) is 32.1 Å². The summed E-state index contributed by atoms with van der Waals surface area (Å²) in [5.41, 5.74) is 4.86. The van der Waals surface area contributed by atoms with Crippen LogP contribution in [0.2, 0.25) is 0 Å². The third-order valence-electron chi connectivity index (χ3n) is 6.28. The van der Waals surface area contributed by atoms with E-state index in [1.807, 2.05) is 0 Å². The molecule has 1 saturated heterocycles. The van der Waals surface area contributed by atoms with E-state index < -0.39 is 35.8 Å². The topological polar surface area (TPSA) is 122 Å². The number of alkyl carbamates (subject to hydrolysis) is 1. The highest BCUT2D eigenvalue weighted by Gasteiger charge is 2.57. The van der Waals surface area contributed by atoms with Crippen molar-refractivity contribution >= 4 is 17.9 Å². The highest BCUT2D eigenvalue weighted by Crippen LogP contribution is 2.48. The predicted octanol–water partition coefficient (Wildman–Crippen LogP) is 1.69. The Morgan fingerprint density at radius 1 is 1.10 bits per heavy atom. The van der Waals surface area contributed by atoms with E-state index in [-0.39, 0.29) is 17.9 Å². The summed E-state index contributed by atoms with van der Waals surface area (Å²) in [6.45, 7) is 5.30. The van der Waals surface area contributed by atoms with Crippen LogP contribution in [0.1, 0.15) is 72.1 Å². The molecule has 0 aromatic carbocycles. The van der Waals surface area contributed by atoms with Crippen molar-refractivity contribution in [1.29, 1.82) is 0 Å². The third-order valence-corrected chi connectivity index (χ3v) is 6.28. The number of aliphatic hydroxyl groups excluding tert-OH is 1. The summed E-state index contributed by atoms with van der Waals surface area (Å²) >= 11 is 0. The van der Waals surface area contributed by atoms with Gasteiger partial charge in [0.25, 0.3) is 0 Å². The number of ether oxygens (including phenoxy) is 1. The van der Waals surface area contributed by atoms with Crippen molar-refractivity contribution in [2.24, 2.45) is 17.6 Å². The second-order valence-corrected chi connectivity index (χ2v) is 9.87. The number of nitrogens with one attached hydrogen (secondary N) is 1. The first-order chi connectivity index (χ1) is 13.6. The SMILES string of the molecule is CC(C)(C)OC(=O)N[C@H](C(=O)N1[C@H](C(N)=O)C[C@@H]2C[C@@H]21)C1CCCCCC(O)C1. The number of fused-ring (bicyclic) bond motifs is 1. The number of carbonyl (C=O) groups excluding carboxylic acids is 3. The molecular formula is C21H35N3O5. The molecule has 8 nitrogen and oxygen atoms in total. The molecule has 0 bridgehead atoms. The molecule has 3 amide bonds. The van der Waals surface area contributed by atoms with Gasteiger partial charge < -0.3 is 25.8 Å². The molecule has 0 radical (unpaired) electrons. The van der Waals surface area contributed by atoms with E-state index in [9.17, 15) is 19.5 Å². The number of hydrogen-bond acceptors (Lipinski definition) is 5. The highest BCUT2D eigenvalue weighted by molar-refractivity contribution is 5.92. The Bertz CT molecular complexity index is 647. The Kier molecular flexibility index (Phi) is 6.41. The van der Waals surface area contributed by atoms with E-state index in [2.05, 4.69) is 5.32 Å². The zero-order chi connectivity index (χ0) is 21.3. The summed E-state index contributed by atoms with van der Waals surface area (Å²) in [6.07, 6.45) is 5.06. The fourth-order valence-electron chi connectivity index (χ4n) is 4.85. The van der Waals surface area contributed by atoms with Crippen LogP contribution in [0.5, 0.6) is 0 Å². The van der Waals surface area contributed by atoms with Gasteiger partial charge in [0.2, 0.25) is 11.8 Å². The lowest BCUT2D eigenvalue weighted by Crippen LogP contribution is -2.57. The monoisotopic (exact) mass is 409 g/mol. The zero-order valence-electron chi connectivity index (χ0n) is 17.7. The Morgan fingerprint density at radius 2 is 1.79 bits per heavy atom. The van der Waals surface area contributed by atoms with Crippen LogP contribution in [-0.2, 0) is 14.3 Å². The quantitative estimate of drug-likeness (QED) is 0.652. The summed E-state index contributed by atoms with van der Waals surface area (Å²) in [6, 6.07) is -1.42. The summed E-state index contributed by atoms with van der Waals surface area (Å²) in [5.74, 6) is -0.667. The van der Waals surface area contributed by atoms with Crippen molar-refractivity contribution < 1.29 is 24.2 Å². The van der Waals surface area contributed by atoms with E-state index >= 15 is 0 Å². The molecule has 6 atom stereocenters. The van der Waals surface area contributed by atoms with Crippen LogP contribution in [-0.4, -0.2) is 57.7 Å². The predicted molar refractivity (Wildman–Crippen MR) is 107 cm³/mol. The molecule has 0 spiro atoms. The molecular weight excluding hydrogens is 374 g/mol. The number of hydrogen-bond donors (Lipinski definition) is 3. The van der Waals surface area contributed by atoms with E-state index in [4.69, 9.17) is 10.5 Å². The second kappa shape index (κ2) is 8.50. The summed E-state index contributed by atoms with van der Waals surface area (Å²) < 4.78 is 5.39. The van der Waals surface area contributed by atoms with Crippen molar-refractivity contribution in [3.05, 3.63) is 0 Å². The van der Waals surface area contributed by atoms with Crippen LogP contribution in [0.15, 0.2) is 0 Å². The van der Waals surface area contributed by atoms with Crippen LogP contribution < -0.4 is 11.1 Å². The number of likely N-dealkylation sites (tertiary alicyclic amines) is 1. The van der Waals surface area contributed by atoms with Crippen molar-refractivity contribution in [1.82, 2.24) is 10.2 Å². The number of aliphatic hydroxyl groups is 1. The summed E-state index contributed by atoms with van der Waals surface area (Å²) in [7, 11) is 0. The highest BCUT2D eigenvalue weighted by atomic mass is 16.6. The van der Waals surface area contributed by atoms with Gasteiger partial charge in [0.15, 0.2) is 0 Å². The minimum atomic E-state index is -0.834. The average Bonchev–Trinajstić information content (AvgIpc) is 3.24. The van der Waals surface area contributed by atoms with Crippen molar-refractivity contribution in [2.45, 2.75) is 102 Å². The molecule has 2 saturated carbocycles. The van der Waals surface area contributed by atoms with Crippen LogP contribution >= 0.6 is 0 Å². The summed E-state index contributed by atoms with van der Waals surface area (Å²) in [4.78, 5) is 39.6. The lowest BCUT2D eigenvalue weighted by Gasteiger charge is -2.35. The van der Waals surface area contributed by atoms with Gasteiger partial charge >= 0.3 is 6.09 Å². The maximum atomic E-state index is 13.6. The second-order valence-electron chi connectivity index (χ2n) is 9.87. The third kappa shape index (κ3) is 5.41. The lowest BCUT2D eigenvalue weighted by molar-refractivity contribution is -0.141. The first-order valence-corrected chi connectivity index (χ1v) is 10.9. The number of rotatable bonds is 4. The molecule has 1 aliphatic heterocycles. The fourth-order valence-corrected chi connectivity index (χ4v) is 4.85. The molecule has 1 heterocycles. The number of nitrogens with two attached hydrogens (primary N) is 1. The number of nitrogens with zero attached hydrogens (tertiary/aromatic N) is 1. The lowest BCUT2D eigenvalue weighted by atomic mass is 9.83. The van der Waals surface area contributed by atoms with E-state index in [1.54, 1.807) is 25.7 Å².